The van der Waals surface area contributed by atoms with E-state index >= 15 is 0 Å². The van der Waals surface area contributed by atoms with Gasteiger partial charge in [-0.25, -0.2) is 9.18 Å². The quantitative estimate of drug-likeness (QED) is 0.177. The van der Waals surface area contributed by atoms with Gasteiger partial charge in [-0.05, 0) is 48.2 Å². The maximum absolute atomic E-state index is 13.9. The van der Waals surface area contributed by atoms with E-state index in [1.807, 2.05) is 36.4 Å². The average Bonchev–Trinajstić information content (AvgIpc) is 2.85. The topological polar surface area (TPSA) is 35.5 Å². The van der Waals surface area contributed by atoms with Crippen LogP contribution in [0.4, 0.5) is 4.39 Å². The predicted octanol–water partition coefficient (Wildman–Crippen LogP) is 8.56. The molecule has 0 amide bonds. The molecule has 2 aromatic rings. The Bertz CT molecular complexity index is 770. The molecule has 0 fully saturated rings. The Kier molecular flexibility index (Phi) is 13.3. The monoisotopic (exact) mass is 456 g/mol. The SMILES string of the molecule is CCCCCCCCOc1ccc(-c2ccc(C(=O)OCC(F)CCCCCC)cc2)cc1. The van der Waals surface area contributed by atoms with Crippen LogP contribution in [0, 0.1) is 0 Å². The van der Waals surface area contributed by atoms with Crippen LogP contribution in [0.25, 0.3) is 11.1 Å². The number of hydrogen-bond donors (Lipinski definition) is 0. The van der Waals surface area contributed by atoms with Gasteiger partial charge in [0.15, 0.2) is 0 Å². The van der Waals surface area contributed by atoms with Crippen molar-refractivity contribution in [1.82, 2.24) is 0 Å². The van der Waals surface area contributed by atoms with Gasteiger partial charge in [-0.2, -0.15) is 0 Å². The number of unbranched alkanes of at least 4 members (excludes halogenated alkanes) is 8. The molecule has 0 saturated heterocycles. The zero-order valence-electron chi connectivity index (χ0n) is 20.5. The van der Waals surface area contributed by atoms with E-state index in [2.05, 4.69) is 13.8 Å². The number of halogens is 1. The first-order chi connectivity index (χ1) is 16.1. The van der Waals surface area contributed by atoms with Crippen LogP contribution in [0.3, 0.4) is 0 Å². The summed E-state index contributed by atoms with van der Waals surface area (Å²) in [6, 6.07) is 15.3. The minimum Gasteiger partial charge on any atom is -0.494 e. The van der Waals surface area contributed by atoms with Crippen LogP contribution in [0.15, 0.2) is 48.5 Å². The number of ether oxygens (including phenoxy) is 2. The van der Waals surface area contributed by atoms with Crippen molar-refractivity contribution in [2.45, 2.75) is 90.6 Å². The lowest BCUT2D eigenvalue weighted by atomic mass is 10.0. The summed E-state index contributed by atoms with van der Waals surface area (Å²) in [5.41, 5.74) is 2.50. The Morgan fingerprint density at radius 3 is 1.94 bits per heavy atom. The highest BCUT2D eigenvalue weighted by atomic mass is 19.1. The van der Waals surface area contributed by atoms with Gasteiger partial charge in [-0.15, -0.1) is 0 Å². The number of alkyl halides is 1. The zero-order chi connectivity index (χ0) is 23.7. The van der Waals surface area contributed by atoms with Crippen molar-refractivity contribution in [2.75, 3.05) is 13.2 Å². The van der Waals surface area contributed by atoms with E-state index in [4.69, 9.17) is 9.47 Å². The third-order valence-corrected chi connectivity index (χ3v) is 5.84. The van der Waals surface area contributed by atoms with Gasteiger partial charge in [0.1, 0.15) is 18.5 Å². The van der Waals surface area contributed by atoms with Gasteiger partial charge in [-0.3, -0.25) is 0 Å². The fraction of sp³-hybridized carbons (Fsp3) is 0.552. The lowest BCUT2D eigenvalue weighted by Crippen LogP contribution is -2.15. The Morgan fingerprint density at radius 2 is 1.30 bits per heavy atom. The van der Waals surface area contributed by atoms with Gasteiger partial charge in [-0.1, -0.05) is 95.9 Å². The molecule has 1 atom stereocenters. The number of rotatable bonds is 17. The van der Waals surface area contributed by atoms with Crippen LogP contribution in [-0.2, 0) is 4.74 Å². The summed E-state index contributed by atoms with van der Waals surface area (Å²) < 4.78 is 24.9. The summed E-state index contributed by atoms with van der Waals surface area (Å²) in [5.74, 6) is 0.402. The van der Waals surface area contributed by atoms with Crippen LogP contribution < -0.4 is 4.74 Å². The van der Waals surface area contributed by atoms with Crippen LogP contribution in [0.5, 0.6) is 5.75 Å². The standard InChI is InChI=1S/C29H41FO3/c1-3-5-7-9-10-12-22-32-28-20-18-25(19-21-28)24-14-16-26(17-15-24)29(31)33-23-27(30)13-11-8-6-4-2/h14-21,27H,3-13,22-23H2,1-2H3. The van der Waals surface area contributed by atoms with E-state index in [9.17, 15) is 9.18 Å². The summed E-state index contributed by atoms with van der Waals surface area (Å²) in [6.07, 6.45) is 11.0. The van der Waals surface area contributed by atoms with Crippen molar-refractivity contribution in [3.8, 4) is 16.9 Å². The van der Waals surface area contributed by atoms with Crippen molar-refractivity contribution in [3.05, 3.63) is 54.1 Å². The molecular formula is C29H41FO3. The van der Waals surface area contributed by atoms with Crippen LogP contribution in [0.1, 0.15) is 94.8 Å². The molecule has 0 aromatic heterocycles. The largest absolute Gasteiger partial charge is 0.494 e. The second kappa shape index (κ2) is 16.3. The molecule has 0 aliphatic rings. The van der Waals surface area contributed by atoms with E-state index in [1.54, 1.807) is 12.1 Å². The number of benzene rings is 2. The Morgan fingerprint density at radius 1 is 0.758 bits per heavy atom. The van der Waals surface area contributed by atoms with Crippen molar-refractivity contribution in [3.63, 3.8) is 0 Å². The van der Waals surface area contributed by atoms with Crippen LogP contribution in [0.2, 0.25) is 0 Å². The van der Waals surface area contributed by atoms with Crippen molar-refractivity contribution in [2.24, 2.45) is 0 Å². The maximum Gasteiger partial charge on any atom is 0.338 e. The molecule has 0 aliphatic carbocycles. The van der Waals surface area contributed by atoms with Crippen LogP contribution in [-0.4, -0.2) is 25.4 Å². The molecule has 0 spiro atoms. The van der Waals surface area contributed by atoms with E-state index in [0.29, 0.717) is 12.0 Å². The van der Waals surface area contributed by atoms with Gasteiger partial charge in [0.05, 0.1) is 12.2 Å². The minimum absolute atomic E-state index is 0.174. The molecule has 3 nitrogen and oxygen atoms in total. The first kappa shape index (κ1) is 26.9. The van der Waals surface area contributed by atoms with E-state index in [-0.39, 0.29) is 6.61 Å². The van der Waals surface area contributed by atoms with Crippen molar-refractivity contribution in [1.29, 1.82) is 0 Å². The molecular weight excluding hydrogens is 415 g/mol. The molecule has 0 saturated carbocycles. The van der Waals surface area contributed by atoms with E-state index in [0.717, 1.165) is 55.6 Å². The highest BCUT2D eigenvalue weighted by molar-refractivity contribution is 5.90. The summed E-state index contributed by atoms with van der Waals surface area (Å²) in [5, 5.41) is 0. The lowest BCUT2D eigenvalue weighted by molar-refractivity contribution is 0.0389. The smallest absolute Gasteiger partial charge is 0.338 e. The highest BCUT2D eigenvalue weighted by Crippen LogP contribution is 2.23. The van der Waals surface area contributed by atoms with E-state index < -0.39 is 12.1 Å². The molecule has 2 aromatic carbocycles. The molecule has 0 aliphatic heterocycles. The Labute approximate surface area is 199 Å². The van der Waals surface area contributed by atoms with Gasteiger partial charge in [0.25, 0.3) is 0 Å². The number of esters is 1. The van der Waals surface area contributed by atoms with Crippen LogP contribution >= 0.6 is 0 Å². The van der Waals surface area contributed by atoms with Gasteiger partial charge < -0.3 is 9.47 Å². The molecule has 2 rings (SSSR count). The fourth-order valence-electron chi connectivity index (χ4n) is 3.74. The molecule has 1 unspecified atom stereocenters. The molecule has 33 heavy (non-hydrogen) atoms. The molecule has 182 valence electrons. The zero-order valence-corrected chi connectivity index (χ0v) is 20.5. The number of hydrogen-bond acceptors (Lipinski definition) is 3. The third-order valence-electron chi connectivity index (χ3n) is 5.84. The molecule has 0 bridgehead atoms. The van der Waals surface area contributed by atoms with Gasteiger partial charge >= 0.3 is 5.97 Å². The van der Waals surface area contributed by atoms with E-state index in [1.165, 1.54) is 32.1 Å². The van der Waals surface area contributed by atoms with Crippen molar-refractivity contribution >= 4 is 5.97 Å². The first-order valence-electron chi connectivity index (χ1n) is 12.8. The van der Waals surface area contributed by atoms with Crippen molar-refractivity contribution < 1.29 is 18.7 Å². The average molecular weight is 457 g/mol. The highest BCUT2D eigenvalue weighted by Gasteiger charge is 2.12. The summed E-state index contributed by atoms with van der Waals surface area (Å²) in [6.45, 7) is 4.93. The Balaban J connectivity index is 1.73. The molecule has 0 heterocycles. The molecule has 4 heteroatoms. The second-order valence-electron chi connectivity index (χ2n) is 8.76. The predicted molar refractivity (Wildman–Crippen MR) is 135 cm³/mol. The second-order valence-corrected chi connectivity index (χ2v) is 8.76. The first-order valence-corrected chi connectivity index (χ1v) is 12.8. The normalized spacial score (nSPS) is 11.8. The third kappa shape index (κ3) is 10.9. The Hall–Kier alpha value is -2.36. The fourth-order valence-corrected chi connectivity index (χ4v) is 3.74. The molecule has 0 N–H and O–H groups in total. The molecule has 0 radical (unpaired) electrons. The lowest BCUT2D eigenvalue weighted by Gasteiger charge is -2.10. The maximum atomic E-state index is 13.9. The summed E-state index contributed by atoms with van der Waals surface area (Å²) >= 11 is 0. The van der Waals surface area contributed by atoms with Gasteiger partial charge in [0.2, 0.25) is 0 Å². The number of carbonyl (C=O) groups excluding carboxylic acids is 1. The van der Waals surface area contributed by atoms with Gasteiger partial charge in [0, 0.05) is 0 Å². The minimum atomic E-state index is -1.09. The number of carbonyl (C=O) groups is 1. The summed E-state index contributed by atoms with van der Waals surface area (Å²) in [4.78, 5) is 12.2. The summed E-state index contributed by atoms with van der Waals surface area (Å²) in [7, 11) is 0.